The summed E-state index contributed by atoms with van der Waals surface area (Å²) < 4.78 is 6.99. The van der Waals surface area contributed by atoms with Crippen LogP contribution in [0.15, 0.2) is 29.1 Å². The van der Waals surface area contributed by atoms with E-state index in [0.717, 1.165) is 6.42 Å². The minimum Gasteiger partial charge on any atom is -0.492 e. The number of hydrogen-bond donors (Lipinski definition) is 2. The Kier molecular flexibility index (Phi) is 4.51. The molecule has 0 radical (unpaired) electrons. The number of nitrogens with two attached hydrogens (primary N) is 1. The number of benzene rings is 1. The van der Waals surface area contributed by atoms with Gasteiger partial charge < -0.3 is 15.5 Å². The largest absolute Gasteiger partial charge is 0.492 e. The van der Waals surface area contributed by atoms with Crippen LogP contribution in [0, 0.1) is 0 Å². The number of fused-ring (bicyclic) bond motifs is 1. The first kappa shape index (κ1) is 16.7. The fourth-order valence-electron chi connectivity index (χ4n) is 2.69. The van der Waals surface area contributed by atoms with Crippen LogP contribution in [0.1, 0.15) is 36.6 Å². The molecule has 0 bridgehead atoms. The van der Waals surface area contributed by atoms with Gasteiger partial charge in [0.15, 0.2) is 11.3 Å². The Labute approximate surface area is 143 Å². The molecule has 0 fully saturated rings. The number of hydrogen-bond acceptors (Lipinski definition) is 5. The number of carbonyl (C=O) groups excluding carboxylic acids is 1. The van der Waals surface area contributed by atoms with Crippen LogP contribution in [0.25, 0.3) is 16.9 Å². The smallest absolute Gasteiger partial charge is 0.332 e. The molecule has 0 aliphatic rings. The second kappa shape index (κ2) is 6.76. The predicted molar refractivity (Wildman–Crippen MR) is 93.2 cm³/mol. The molecule has 2 heterocycles. The molecule has 3 aromatic rings. The Bertz CT molecular complexity index is 990. The molecule has 8 nitrogen and oxygen atoms in total. The van der Waals surface area contributed by atoms with Crippen LogP contribution in [0.4, 0.5) is 0 Å². The van der Waals surface area contributed by atoms with Crippen LogP contribution >= 0.6 is 0 Å². The number of rotatable bonds is 6. The van der Waals surface area contributed by atoms with Gasteiger partial charge in [0.05, 0.1) is 12.3 Å². The normalized spacial score (nSPS) is 11.0. The number of aromatic nitrogens is 4. The number of H-pyrrole nitrogens is 1. The number of imidazole rings is 1. The van der Waals surface area contributed by atoms with Crippen LogP contribution in [0.2, 0.25) is 0 Å². The van der Waals surface area contributed by atoms with Crippen molar-refractivity contribution in [2.24, 2.45) is 5.73 Å². The summed E-state index contributed by atoms with van der Waals surface area (Å²) in [6.07, 6.45) is 1.37. The van der Waals surface area contributed by atoms with E-state index in [0.29, 0.717) is 35.9 Å². The number of primary amides is 1. The molecule has 2 aromatic heterocycles. The zero-order valence-electron chi connectivity index (χ0n) is 14.1. The van der Waals surface area contributed by atoms with E-state index in [9.17, 15) is 9.59 Å². The Morgan fingerprint density at radius 1 is 1.28 bits per heavy atom. The maximum Gasteiger partial charge on any atom is 0.332 e. The van der Waals surface area contributed by atoms with Crippen LogP contribution < -0.4 is 16.2 Å². The number of para-hydroxylation sites is 2. The van der Waals surface area contributed by atoms with Crippen LogP contribution in [0.3, 0.4) is 0 Å². The SMILES string of the molecule is CCCc1nc(C(N)=O)c2[nH]c(=O)n(-c3ccccc3OCC)c2n1. The number of carbonyl (C=O) groups is 1. The molecule has 8 heteroatoms. The summed E-state index contributed by atoms with van der Waals surface area (Å²) in [6.45, 7) is 4.30. The Hall–Kier alpha value is -3.16. The highest BCUT2D eigenvalue weighted by molar-refractivity contribution is 6.01. The third kappa shape index (κ3) is 2.98. The van der Waals surface area contributed by atoms with Crippen LogP contribution in [-0.2, 0) is 6.42 Å². The summed E-state index contributed by atoms with van der Waals surface area (Å²) in [5.41, 5.74) is 6.08. The number of nitrogens with zero attached hydrogens (tertiary/aromatic N) is 3. The van der Waals surface area contributed by atoms with Gasteiger partial charge in [-0.2, -0.15) is 0 Å². The van der Waals surface area contributed by atoms with Gasteiger partial charge in [0.2, 0.25) is 0 Å². The second-order valence-electron chi connectivity index (χ2n) is 5.47. The Morgan fingerprint density at radius 2 is 2.04 bits per heavy atom. The average molecular weight is 341 g/mol. The van der Waals surface area contributed by atoms with E-state index in [2.05, 4.69) is 15.0 Å². The summed E-state index contributed by atoms with van der Waals surface area (Å²) in [5, 5.41) is 0. The average Bonchev–Trinajstić information content (AvgIpc) is 2.91. The van der Waals surface area contributed by atoms with E-state index in [1.165, 1.54) is 4.57 Å². The summed E-state index contributed by atoms with van der Waals surface area (Å²) >= 11 is 0. The van der Waals surface area contributed by atoms with Gasteiger partial charge in [0, 0.05) is 6.42 Å². The van der Waals surface area contributed by atoms with Crippen molar-refractivity contribution in [3.63, 3.8) is 0 Å². The minimum atomic E-state index is -0.712. The first-order valence-electron chi connectivity index (χ1n) is 8.10. The van der Waals surface area contributed by atoms with Crippen molar-refractivity contribution < 1.29 is 9.53 Å². The van der Waals surface area contributed by atoms with E-state index in [4.69, 9.17) is 10.5 Å². The van der Waals surface area contributed by atoms with E-state index in [1.54, 1.807) is 18.2 Å². The topological polar surface area (TPSA) is 116 Å². The number of aromatic amines is 1. The van der Waals surface area contributed by atoms with Crippen molar-refractivity contribution in [3.05, 3.63) is 46.3 Å². The van der Waals surface area contributed by atoms with Gasteiger partial charge >= 0.3 is 5.69 Å². The lowest BCUT2D eigenvalue weighted by Crippen LogP contribution is -2.16. The van der Waals surface area contributed by atoms with Crippen molar-refractivity contribution >= 4 is 17.1 Å². The van der Waals surface area contributed by atoms with Gasteiger partial charge in [0.1, 0.15) is 17.1 Å². The molecule has 0 unspecified atom stereocenters. The molecule has 0 aliphatic carbocycles. The molecule has 1 aromatic carbocycles. The molecule has 3 N–H and O–H groups in total. The molecular weight excluding hydrogens is 322 g/mol. The van der Waals surface area contributed by atoms with Crippen molar-refractivity contribution in [1.82, 2.24) is 19.5 Å². The van der Waals surface area contributed by atoms with Crippen molar-refractivity contribution in [3.8, 4) is 11.4 Å². The number of ether oxygens (including phenoxy) is 1. The minimum absolute atomic E-state index is 0.0122. The van der Waals surface area contributed by atoms with Gasteiger partial charge in [-0.25, -0.2) is 19.3 Å². The highest BCUT2D eigenvalue weighted by Crippen LogP contribution is 2.25. The van der Waals surface area contributed by atoms with Crippen LogP contribution in [-0.4, -0.2) is 32.0 Å². The molecule has 3 rings (SSSR count). The second-order valence-corrected chi connectivity index (χ2v) is 5.47. The zero-order chi connectivity index (χ0) is 18.0. The lowest BCUT2D eigenvalue weighted by Gasteiger charge is -2.11. The molecule has 0 aliphatic heterocycles. The molecule has 0 spiro atoms. The monoisotopic (exact) mass is 341 g/mol. The zero-order valence-corrected chi connectivity index (χ0v) is 14.1. The maximum atomic E-state index is 12.6. The quantitative estimate of drug-likeness (QED) is 0.706. The van der Waals surface area contributed by atoms with Crippen molar-refractivity contribution in [2.45, 2.75) is 26.7 Å². The molecular formula is C17H19N5O3. The van der Waals surface area contributed by atoms with Gasteiger partial charge in [-0.1, -0.05) is 19.1 Å². The number of aryl methyl sites for hydroxylation is 1. The lowest BCUT2D eigenvalue weighted by molar-refractivity contribution is 0.0996. The lowest BCUT2D eigenvalue weighted by atomic mass is 10.2. The third-order valence-electron chi connectivity index (χ3n) is 3.70. The fraction of sp³-hybridized carbons (Fsp3) is 0.294. The highest BCUT2D eigenvalue weighted by Gasteiger charge is 2.20. The van der Waals surface area contributed by atoms with Gasteiger partial charge in [-0.05, 0) is 25.5 Å². The third-order valence-corrected chi connectivity index (χ3v) is 3.70. The molecule has 1 amide bonds. The van der Waals surface area contributed by atoms with E-state index in [-0.39, 0.29) is 11.2 Å². The standard InChI is InChI=1S/C17H19N5O3/c1-3-7-12-19-13(15(18)23)14-16(20-12)22(17(24)21-14)10-8-5-6-9-11(10)25-4-2/h5-6,8-9H,3-4,7H2,1-2H3,(H2,18,23)(H,21,24). The van der Waals surface area contributed by atoms with Gasteiger partial charge in [0.25, 0.3) is 5.91 Å². The first-order chi connectivity index (χ1) is 12.1. The predicted octanol–water partition coefficient (Wildman–Crippen LogP) is 1.56. The summed E-state index contributed by atoms with van der Waals surface area (Å²) in [7, 11) is 0. The number of nitrogens with one attached hydrogen (secondary N) is 1. The molecule has 0 saturated carbocycles. The fourth-order valence-corrected chi connectivity index (χ4v) is 2.69. The summed E-state index contributed by atoms with van der Waals surface area (Å²) in [4.78, 5) is 35.6. The molecule has 0 atom stereocenters. The van der Waals surface area contributed by atoms with Crippen molar-refractivity contribution in [2.75, 3.05) is 6.61 Å². The maximum absolute atomic E-state index is 12.6. The van der Waals surface area contributed by atoms with Crippen molar-refractivity contribution in [1.29, 1.82) is 0 Å². The van der Waals surface area contributed by atoms with Crippen LogP contribution in [0.5, 0.6) is 5.75 Å². The Balaban J connectivity index is 2.35. The highest BCUT2D eigenvalue weighted by atomic mass is 16.5. The summed E-state index contributed by atoms with van der Waals surface area (Å²) in [5.74, 6) is 0.297. The molecule has 0 saturated heterocycles. The number of amides is 1. The van der Waals surface area contributed by atoms with E-state index in [1.807, 2.05) is 19.9 Å². The Morgan fingerprint density at radius 3 is 2.72 bits per heavy atom. The van der Waals surface area contributed by atoms with Gasteiger partial charge in [-0.15, -0.1) is 0 Å². The molecule has 25 heavy (non-hydrogen) atoms. The van der Waals surface area contributed by atoms with E-state index < -0.39 is 11.6 Å². The first-order valence-corrected chi connectivity index (χ1v) is 8.10. The van der Waals surface area contributed by atoms with E-state index >= 15 is 0 Å². The summed E-state index contributed by atoms with van der Waals surface area (Å²) in [6, 6.07) is 7.14. The molecule has 130 valence electrons. The van der Waals surface area contributed by atoms with Gasteiger partial charge in [-0.3, -0.25) is 4.79 Å².